The molecule has 10 heteroatoms. The van der Waals surface area contributed by atoms with E-state index >= 15 is 0 Å². The summed E-state index contributed by atoms with van der Waals surface area (Å²) in [4.78, 5) is 21.3. The summed E-state index contributed by atoms with van der Waals surface area (Å²) in [6.45, 7) is 7.94. The van der Waals surface area contributed by atoms with Gasteiger partial charge in [0, 0.05) is 29.0 Å². The van der Waals surface area contributed by atoms with Crippen LogP contribution in [0, 0.1) is 5.92 Å². The van der Waals surface area contributed by atoms with Crippen LogP contribution in [0.3, 0.4) is 0 Å². The maximum absolute atomic E-state index is 12.4. The normalized spacial score (nSPS) is 11.3. The molecule has 0 aliphatic rings. The summed E-state index contributed by atoms with van der Waals surface area (Å²) >= 11 is 1.45. The first-order valence-corrected chi connectivity index (χ1v) is 13.0. The molecule has 0 saturated heterocycles. The lowest BCUT2D eigenvalue weighted by molar-refractivity contribution is -0.111. The Labute approximate surface area is 204 Å². The topological polar surface area (TPSA) is 113 Å². The SMILES string of the molecule is C=CC(=O)Nc1ccc(Sc2ccnc(Nc3ccc(S(=O)(=O)NCCC(C)C)cc3)n2)cc1. The molecule has 0 aliphatic heterocycles. The number of anilines is 3. The Hall–Kier alpha value is -3.21. The maximum Gasteiger partial charge on any atom is 0.247 e. The summed E-state index contributed by atoms with van der Waals surface area (Å²) < 4.78 is 27.4. The fourth-order valence-electron chi connectivity index (χ4n) is 2.79. The Morgan fingerprint density at radius 3 is 2.38 bits per heavy atom. The minimum Gasteiger partial charge on any atom is -0.324 e. The maximum atomic E-state index is 12.4. The number of amides is 1. The molecule has 3 N–H and O–H groups in total. The lowest BCUT2D eigenvalue weighted by Gasteiger charge is -2.10. The van der Waals surface area contributed by atoms with Gasteiger partial charge in [0.1, 0.15) is 5.03 Å². The van der Waals surface area contributed by atoms with E-state index < -0.39 is 10.0 Å². The molecule has 0 saturated carbocycles. The molecule has 3 rings (SSSR count). The standard InChI is InChI=1S/C24H27N5O3S2/c1-4-22(30)27-18-5-9-20(10-6-18)33-23-14-15-25-24(29-23)28-19-7-11-21(12-8-19)34(31,32)26-16-13-17(2)3/h4-12,14-15,17,26H,1,13,16H2,2-3H3,(H,27,30)(H,25,28,29). The predicted octanol–water partition coefficient (Wildman–Crippen LogP) is 4.82. The van der Waals surface area contributed by atoms with Gasteiger partial charge in [-0.1, -0.05) is 32.2 Å². The first-order valence-electron chi connectivity index (χ1n) is 10.7. The molecule has 0 atom stereocenters. The van der Waals surface area contributed by atoms with E-state index in [1.165, 1.54) is 17.8 Å². The second-order valence-corrected chi connectivity index (χ2v) is 10.6. The Balaban J connectivity index is 1.62. The van der Waals surface area contributed by atoms with Gasteiger partial charge in [0.2, 0.25) is 21.9 Å². The fraction of sp³-hybridized carbons (Fsp3) is 0.208. The summed E-state index contributed by atoms with van der Waals surface area (Å²) in [5.41, 5.74) is 1.35. The molecule has 34 heavy (non-hydrogen) atoms. The zero-order valence-electron chi connectivity index (χ0n) is 19.0. The molecule has 1 heterocycles. The van der Waals surface area contributed by atoms with Gasteiger partial charge >= 0.3 is 0 Å². The van der Waals surface area contributed by atoms with E-state index in [-0.39, 0.29) is 10.8 Å². The predicted molar refractivity (Wildman–Crippen MR) is 136 cm³/mol. The largest absolute Gasteiger partial charge is 0.324 e. The summed E-state index contributed by atoms with van der Waals surface area (Å²) in [5, 5.41) is 6.53. The van der Waals surface area contributed by atoms with Crippen LogP contribution in [-0.4, -0.2) is 30.8 Å². The molecular formula is C24H27N5O3S2. The zero-order chi connectivity index (χ0) is 24.6. The Kier molecular flexibility index (Phi) is 8.80. The zero-order valence-corrected chi connectivity index (χ0v) is 20.6. The molecule has 1 aromatic heterocycles. The van der Waals surface area contributed by atoms with Gasteiger partial charge in [-0.25, -0.2) is 23.1 Å². The lowest BCUT2D eigenvalue weighted by Crippen LogP contribution is -2.25. The van der Waals surface area contributed by atoms with Crippen LogP contribution in [0.25, 0.3) is 0 Å². The van der Waals surface area contributed by atoms with Gasteiger partial charge < -0.3 is 10.6 Å². The van der Waals surface area contributed by atoms with Crippen molar-refractivity contribution in [1.29, 1.82) is 0 Å². The minimum atomic E-state index is -3.54. The van der Waals surface area contributed by atoms with Gasteiger partial charge in [-0.05, 0) is 73.0 Å². The van der Waals surface area contributed by atoms with Gasteiger partial charge in [-0.15, -0.1) is 0 Å². The monoisotopic (exact) mass is 497 g/mol. The van der Waals surface area contributed by atoms with Crippen molar-refractivity contribution in [1.82, 2.24) is 14.7 Å². The minimum absolute atomic E-state index is 0.208. The van der Waals surface area contributed by atoms with Crippen molar-refractivity contribution >= 4 is 45.0 Å². The van der Waals surface area contributed by atoms with E-state index in [0.717, 1.165) is 16.3 Å². The number of carbonyl (C=O) groups is 1. The summed E-state index contributed by atoms with van der Waals surface area (Å²) in [7, 11) is -3.54. The molecule has 3 aromatic rings. The number of hydrogen-bond acceptors (Lipinski definition) is 7. The number of benzene rings is 2. The highest BCUT2D eigenvalue weighted by Crippen LogP contribution is 2.28. The van der Waals surface area contributed by atoms with Crippen LogP contribution in [0.15, 0.2) is 88.3 Å². The summed E-state index contributed by atoms with van der Waals surface area (Å²) in [5.74, 6) is 0.554. The Morgan fingerprint density at radius 1 is 1.06 bits per heavy atom. The molecule has 0 unspecified atom stereocenters. The molecule has 8 nitrogen and oxygen atoms in total. The van der Waals surface area contributed by atoms with Gasteiger partial charge in [0.15, 0.2) is 0 Å². The number of nitrogens with one attached hydrogen (secondary N) is 3. The fourth-order valence-corrected chi connectivity index (χ4v) is 4.61. The van der Waals surface area contributed by atoms with Crippen molar-refractivity contribution in [2.24, 2.45) is 5.92 Å². The van der Waals surface area contributed by atoms with Crippen molar-refractivity contribution < 1.29 is 13.2 Å². The molecule has 0 bridgehead atoms. The van der Waals surface area contributed by atoms with E-state index in [9.17, 15) is 13.2 Å². The van der Waals surface area contributed by atoms with E-state index in [2.05, 4.69) is 31.9 Å². The van der Waals surface area contributed by atoms with E-state index in [1.54, 1.807) is 48.7 Å². The molecule has 1 amide bonds. The van der Waals surface area contributed by atoms with E-state index in [1.807, 2.05) is 26.0 Å². The third kappa shape index (κ3) is 7.68. The highest BCUT2D eigenvalue weighted by atomic mass is 32.2. The molecule has 0 aliphatic carbocycles. The van der Waals surface area contributed by atoms with Crippen LogP contribution >= 0.6 is 11.8 Å². The van der Waals surface area contributed by atoms with Crippen molar-refractivity contribution in [2.75, 3.05) is 17.2 Å². The summed E-state index contributed by atoms with van der Waals surface area (Å²) in [6.07, 6.45) is 3.64. The highest BCUT2D eigenvalue weighted by Gasteiger charge is 2.13. The van der Waals surface area contributed by atoms with Crippen molar-refractivity contribution in [2.45, 2.75) is 35.1 Å². The number of hydrogen-bond donors (Lipinski definition) is 3. The van der Waals surface area contributed by atoms with Crippen LogP contribution in [0.4, 0.5) is 17.3 Å². The average Bonchev–Trinajstić information content (AvgIpc) is 2.80. The van der Waals surface area contributed by atoms with E-state index in [4.69, 9.17) is 0 Å². The third-order valence-electron chi connectivity index (χ3n) is 4.59. The highest BCUT2D eigenvalue weighted by molar-refractivity contribution is 7.99. The third-order valence-corrected chi connectivity index (χ3v) is 7.02. The molecule has 0 spiro atoms. The molecule has 178 valence electrons. The molecule has 0 radical (unpaired) electrons. The number of nitrogens with zero attached hydrogens (tertiary/aromatic N) is 2. The van der Waals surface area contributed by atoms with E-state index in [0.29, 0.717) is 29.8 Å². The lowest BCUT2D eigenvalue weighted by atomic mass is 10.1. The van der Waals surface area contributed by atoms with Crippen molar-refractivity contribution in [3.63, 3.8) is 0 Å². The average molecular weight is 498 g/mol. The smallest absolute Gasteiger partial charge is 0.247 e. The van der Waals surface area contributed by atoms with Crippen LogP contribution in [0.2, 0.25) is 0 Å². The first-order chi connectivity index (χ1) is 16.2. The van der Waals surface area contributed by atoms with Gasteiger partial charge in [-0.2, -0.15) is 0 Å². The van der Waals surface area contributed by atoms with Crippen LogP contribution in [0.1, 0.15) is 20.3 Å². The van der Waals surface area contributed by atoms with Gasteiger partial charge in [-0.3, -0.25) is 4.79 Å². The number of aromatic nitrogens is 2. The molecule has 0 fully saturated rings. The van der Waals surface area contributed by atoms with Crippen LogP contribution in [-0.2, 0) is 14.8 Å². The van der Waals surface area contributed by atoms with Gasteiger partial charge in [0.25, 0.3) is 0 Å². The van der Waals surface area contributed by atoms with Crippen molar-refractivity contribution in [3.05, 3.63) is 73.4 Å². The Morgan fingerprint density at radius 2 is 1.74 bits per heavy atom. The first kappa shape index (κ1) is 25.4. The van der Waals surface area contributed by atoms with Crippen LogP contribution in [0.5, 0.6) is 0 Å². The van der Waals surface area contributed by atoms with Crippen molar-refractivity contribution in [3.8, 4) is 0 Å². The molecular weight excluding hydrogens is 470 g/mol. The van der Waals surface area contributed by atoms with Crippen LogP contribution < -0.4 is 15.4 Å². The summed E-state index contributed by atoms with van der Waals surface area (Å²) in [6, 6.07) is 15.6. The van der Waals surface area contributed by atoms with Gasteiger partial charge in [0.05, 0.1) is 4.90 Å². The number of sulfonamides is 1. The number of rotatable bonds is 11. The Bertz CT molecular complexity index is 1230. The number of carbonyl (C=O) groups excluding carboxylic acids is 1. The second kappa shape index (κ2) is 11.8. The quantitative estimate of drug-likeness (QED) is 0.257. The molecule has 2 aromatic carbocycles. The second-order valence-electron chi connectivity index (χ2n) is 7.77.